The Bertz CT molecular complexity index is 513. The number of carbonyl (C=O) groups is 2. The summed E-state index contributed by atoms with van der Waals surface area (Å²) in [7, 11) is 0. The van der Waals surface area contributed by atoms with E-state index in [1.54, 1.807) is 4.90 Å². The summed E-state index contributed by atoms with van der Waals surface area (Å²) in [4.78, 5) is 30.0. The van der Waals surface area contributed by atoms with Crippen LogP contribution >= 0.6 is 0 Å². The third kappa shape index (κ3) is 2.75. The highest BCUT2D eigenvalue weighted by Crippen LogP contribution is 2.22. The topological polar surface area (TPSA) is 62.3 Å². The molecule has 1 aliphatic rings. The molecule has 1 saturated heterocycles. The van der Waals surface area contributed by atoms with Crippen LogP contribution in [0.2, 0.25) is 0 Å². The van der Waals surface area contributed by atoms with Crippen molar-refractivity contribution in [3.05, 3.63) is 23.5 Å². The van der Waals surface area contributed by atoms with Crippen molar-refractivity contribution in [3.63, 3.8) is 0 Å². The van der Waals surface area contributed by atoms with Crippen LogP contribution in [-0.2, 0) is 9.59 Å². The predicted octanol–water partition coefficient (Wildman–Crippen LogP) is 1.33. The quantitative estimate of drug-likeness (QED) is 0.893. The second-order valence-corrected chi connectivity index (χ2v) is 4.89. The third-order valence-electron chi connectivity index (χ3n) is 3.27. The molecule has 0 spiro atoms. The average Bonchev–Trinajstić information content (AvgIpc) is 2.34. The van der Waals surface area contributed by atoms with Gasteiger partial charge in [-0.25, -0.2) is 0 Å². The molecule has 1 unspecified atom stereocenters. The first kappa shape index (κ1) is 13.5. The molecular formula is C14H19N3O2. The fraction of sp³-hybridized carbons (Fsp3) is 0.500. The Morgan fingerprint density at radius 2 is 2.11 bits per heavy atom. The van der Waals surface area contributed by atoms with Gasteiger partial charge in [0.1, 0.15) is 12.6 Å². The van der Waals surface area contributed by atoms with E-state index in [-0.39, 0.29) is 18.4 Å². The van der Waals surface area contributed by atoms with Gasteiger partial charge in [0.25, 0.3) is 0 Å². The fourth-order valence-electron chi connectivity index (χ4n) is 2.36. The monoisotopic (exact) mass is 261 g/mol. The zero-order chi connectivity index (χ0) is 14.0. The van der Waals surface area contributed by atoms with Gasteiger partial charge in [-0.05, 0) is 32.4 Å². The summed E-state index contributed by atoms with van der Waals surface area (Å²) in [6, 6.07) is 3.31. The van der Waals surface area contributed by atoms with Gasteiger partial charge in [-0.1, -0.05) is 13.3 Å². The van der Waals surface area contributed by atoms with E-state index in [0.29, 0.717) is 6.42 Å². The van der Waals surface area contributed by atoms with E-state index in [4.69, 9.17) is 0 Å². The van der Waals surface area contributed by atoms with Crippen molar-refractivity contribution in [1.29, 1.82) is 0 Å². The Morgan fingerprint density at radius 3 is 2.74 bits per heavy atom. The first-order valence-corrected chi connectivity index (χ1v) is 6.58. The minimum absolute atomic E-state index is 0.0461. The molecule has 0 bridgehead atoms. The Morgan fingerprint density at radius 1 is 1.37 bits per heavy atom. The van der Waals surface area contributed by atoms with E-state index in [1.807, 2.05) is 32.9 Å². The molecule has 1 N–H and O–H groups in total. The molecule has 102 valence electrons. The van der Waals surface area contributed by atoms with E-state index in [9.17, 15) is 9.59 Å². The molecule has 1 atom stereocenters. The number of aryl methyl sites for hydroxylation is 2. The summed E-state index contributed by atoms with van der Waals surface area (Å²) in [6.07, 6.45) is 1.52. The molecule has 0 aromatic carbocycles. The zero-order valence-corrected chi connectivity index (χ0v) is 11.6. The number of anilines is 1. The van der Waals surface area contributed by atoms with Gasteiger partial charge in [0.15, 0.2) is 0 Å². The lowest BCUT2D eigenvalue weighted by Gasteiger charge is -2.33. The van der Waals surface area contributed by atoms with Crippen molar-refractivity contribution in [2.24, 2.45) is 0 Å². The maximum absolute atomic E-state index is 12.4. The predicted molar refractivity (Wildman–Crippen MR) is 72.9 cm³/mol. The second-order valence-electron chi connectivity index (χ2n) is 4.89. The normalized spacial score (nSPS) is 19.5. The Balaban J connectivity index is 2.31. The lowest BCUT2D eigenvalue weighted by atomic mass is 10.1. The van der Waals surface area contributed by atoms with Crippen molar-refractivity contribution in [2.75, 3.05) is 11.4 Å². The number of piperazine rings is 1. The van der Waals surface area contributed by atoms with Gasteiger partial charge in [-0.3, -0.25) is 19.5 Å². The van der Waals surface area contributed by atoms with Crippen LogP contribution < -0.4 is 10.2 Å². The van der Waals surface area contributed by atoms with Gasteiger partial charge in [0, 0.05) is 5.69 Å². The van der Waals surface area contributed by atoms with Crippen LogP contribution in [0.15, 0.2) is 12.1 Å². The minimum atomic E-state index is -0.410. The standard InChI is InChI=1S/C14H19N3O2/c1-4-5-11-14(19)17(8-13(18)16-11)12-7-6-9(2)15-10(12)3/h6-7,11H,4-5,8H2,1-3H3,(H,16,18). The molecule has 1 aliphatic heterocycles. The van der Waals surface area contributed by atoms with E-state index in [2.05, 4.69) is 10.3 Å². The molecule has 0 aliphatic carbocycles. The number of rotatable bonds is 3. The van der Waals surface area contributed by atoms with Crippen LogP contribution in [0.25, 0.3) is 0 Å². The highest BCUT2D eigenvalue weighted by atomic mass is 16.2. The Labute approximate surface area is 113 Å². The molecule has 2 rings (SSSR count). The number of hydrogen-bond acceptors (Lipinski definition) is 3. The zero-order valence-electron chi connectivity index (χ0n) is 11.6. The molecule has 2 amide bonds. The second kappa shape index (κ2) is 5.38. The SMILES string of the molecule is CCCC1NC(=O)CN(c2ccc(C)nc2C)C1=O. The Kier molecular flexibility index (Phi) is 3.83. The molecule has 2 heterocycles. The van der Waals surface area contributed by atoms with E-state index >= 15 is 0 Å². The summed E-state index contributed by atoms with van der Waals surface area (Å²) in [5.74, 6) is -0.159. The number of pyridine rings is 1. The minimum Gasteiger partial charge on any atom is -0.343 e. The molecule has 0 radical (unpaired) electrons. The summed E-state index contributed by atoms with van der Waals surface area (Å²) in [5.41, 5.74) is 2.41. The molecule has 5 nitrogen and oxygen atoms in total. The van der Waals surface area contributed by atoms with Crippen LogP contribution in [0.3, 0.4) is 0 Å². The summed E-state index contributed by atoms with van der Waals surface area (Å²) in [5, 5.41) is 2.75. The highest BCUT2D eigenvalue weighted by molar-refractivity contribution is 6.06. The van der Waals surface area contributed by atoms with Crippen LogP contribution in [-0.4, -0.2) is 29.4 Å². The summed E-state index contributed by atoms with van der Waals surface area (Å²) in [6.45, 7) is 5.83. The van der Waals surface area contributed by atoms with Gasteiger partial charge < -0.3 is 5.32 Å². The van der Waals surface area contributed by atoms with Crippen LogP contribution in [0, 0.1) is 13.8 Å². The summed E-state index contributed by atoms with van der Waals surface area (Å²) >= 11 is 0. The number of nitrogens with one attached hydrogen (secondary N) is 1. The first-order chi connectivity index (χ1) is 9.02. The molecule has 1 aromatic rings. The molecule has 19 heavy (non-hydrogen) atoms. The molecule has 1 fully saturated rings. The lowest BCUT2D eigenvalue weighted by Crippen LogP contribution is -2.58. The smallest absolute Gasteiger partial charge is 0.250 e. The molecule has 0 saturated carbocycles. The van der Waals surface area contributed by atoms with Crippen LogP contribution in [0.4, 0.5) is 5.69 Å². The van der Waals surface area contributed by atoms with Gasteiger partial charge in [0.2, 0.25) is 11.8 Å². The maximum atomic E-state index is 12.4. The number of nitrogens with zero attached hydrogens (tertiary/aromatic N) is 2. The first-order valence-electron chi connectivity index (χ1n) is 6.58. The van der Waals surface area contributed by atoms with Crippen molar-refractivity contribution in [1.82, 2.24) is 10.3 Å². The third-order valence-corrected chi connectivity index (χ3v) is 3.27. The molecule has 5 heteroatoms. The van der Waals surface area contributed by atoms with Gasteiger partial charge in [-0.15, -0.1) is 0 Å². The molecule has 1 aromatic heterocycles. The molecular weight excluding hydrogens is 242 g/mol. The van der Waals surface area contributed by atoms with Gasteiger partial charge >= 0.3 is 0 Å². The number of amides is 2. The Hall–Kier alpha value is -1.91. The highest BCUT2D eigenvalue weighted by Gasteiger charge is 2.33. The van der Waals surface area contributed by atoms with Crippen LogP contribution in [0.1, 0.15) is 31.2 Å². The largest absolute Gasteiger partial charge is 0.343 e. The lowest BCUT2D eigenvalue weighted by molar-refractivity contribution is -0.131. The number of aromatic nitrogens is 1. The van der Waals surface area contributed by atoms with E-state index < -0.39 is 6.04 Å². The van der Waals surface area contributed by atoms with Crippen molar-refractivity contribution < 1.29 is 9.59 Å². The van der Waals surface area contributed by atoms with Crippen molar-refractivity contribution >= 4 is 17.5 Å². The maximum Gasteiger partial charge on any atom is 0.250 e. The summed E-state index contributed by atoms with van der Waals surface area (Å²) < 4.78 is 0. The van der Waals surface area contributed by atoms with E-state index in [0.717, 1.165) is 23.5 Å². The number of carbonyl (C=O) groups excluding carboxylic acids is 2. The van der Waals surface area contributed by atoms with Crippen molar-refractivity contribution in [3.8, 4) is 0 Å². The number of hydrogen-bond donors (Lipinski definition) is 1. The average molecular weight is 261 g/mol. The van der Waals surface area contributed by atoms with Crippen molar-refractivity contribution in [2.45, 2.75) is 39.7 Å². The van der Waals surface area contributed by atoms with Gasteiger partial charge in [-0.2, -0.15) is 0 Å². The fourth-order valence-corrected chi connectivity index (χ4v) is 2.36. The van der Waals surface area contributed by atoms with E-state index in [1.165, 1.54) is 0 Å². The van der Waals surface area contributed by atoms with Gasteiger partial charge in [0.05, 0.1) is 11.4 Å². The van der Waals surface area contributed by atoms with Crippen LogP contribution in [0.5, 0.6) is 0 Å².